The molecule has 1 amide bonds. The van der Waals surface area contributed by atoms with Crippen LogP contribution in [0.2, 0.25) is 0 Å². The highest BCUT2D eigenvalue weighted by Gasteiger charge is 2.60. The van der Waals surface area contributed by atoms with Crippen LogP contribution >= 0.6 is 0 Å². The predicted octanol–water partition coefficient (Wildman–Crippen LogP) is 1.19. The van der Waals surface area contributed by atoms with E-state index in [1.807, 2.05) is 6.07 Å². The fourth-order valence-corrected chi connectivity index (χ4v) is 3.35. The molecule has 0 bridgehead atoms. The molecule has 0 aliphatic carbocycles. The van der Waals surface area contributed by atoms with Gasteiger partial charge in [-0.3, -0.25) is 4.79 Å². The zero-order valence-corrected chi connectivity index (χ0v) is 10.4. The predicted molar refractivity (Wildman–Crippen MR) is 65.7 cm³/mol. The third-order valence-electron chi connectivity index (χ3n) is 4.40. The fraction of sp³-hybridized carbons (Fsp3) is 0.500. The van der Waals surface area contributed by atoms with Crippen molar-refractivity contribution in [2.45, 2.75) is 30.7 Å². The maximum Gasteiger partial charge on any atom is 0.260 e. The van der Waals surface area contributed by atoms with Crippen LogP contribution in [0.4, 0.5) is 4.39 Å². The zero-order valence-electron chi connectivity index (χ0n) is 10.4. The first kappa shape index (κ1) is 11.4. The molecule has 19 heavy (non-hydrogen) atoms. The van der Waals surface area contributed by atoms with Crippen LogP contribution in [0.5, 0.6) is 0 Å². The molecule has 1 aromatic rings. The smallest absolute Gasteiger partial charge is 0.260 e. The molecule has 100 valence electrons. The average Bonchev–Trinajstić information content (AvgIpc) is 2.88. The van der Waals surface area contributed by atoms with E-state index in [4.69, 9.17) is 4.74 Å². The molecule has 3 saturated heterocycles. The Morgan fingerprint density at radius 2 is 2.11 bits per heavy atom. The Morgan fingerprint density at radius 1 is 1.32 bits per heavy atom. The Morgan fingerprint density at radius 3 is 2.79 bits per heavy atom. The average molecular weight is 262 g/mol. The maximum atomic E-state index is 13.9. The Labute approximate surface area is 110 Å². The Balaban J connectivity index is 1.69. The first-order valence-corrected chi connectivity index (χ1v) is 6.67. The van der Waals surface area contributed by atoms with E-state index in [9.17, 15) is 9.18 Å². The highest BCUT2D eigenvalue weighted by Crippen LogP contribution is 2.45. The first-order valence-electron chi connectivity index (χ1n) is 6.67. The van der Waals surface area contributed by atoms with E-state index in [1.165, 1.54) is 6.07 Å². The summed E-state index contributed by atoms with van der Waals surface area (Å²) in [5.74, 6) is -0.226. The molecule has 0 saturated carbocycles. The number of carbonyl (C=O) groups is 1. The quantitative estimate of drug-likeness (QED) is 0.826. The third-order valence-corrected chi connectivity index (χ3v) is 4.40. The van der Waals surface area contributed by atoms with Gasteiger partial charge in [-0.1, -0.05) is 18.2 Å². The largest absolute Gasteiger partial charge is 0.339 e. The molecule has 0 radical (unpaired) electrons. The van der Waals surface area contributed by atoms with Crippen molar-refractivity contribution in [2.24, 2.45) is 0 Å². The maximum absolute atomic E-state index is 13.9. The third kappa shape index (κ3) is 1.42. The lowest BCUT2D eigenvalue weighted by Crippen LogP contribution is -2.64. The monoisotopic (exact) mass is 262 g/mol. The van der Waals surface area contributed by atoms with Gasteiger partial charge in [0.1, 0.15) is 12.0 Å². The SMILES string of the molecule is O=C1N2C(CCC2c2ccccc2F)OC12CNC2. The van der Waals surface area contributed by atoms with Crippen molar-refractivity contribution in [1.29, 1.82) is 0 Å². The number of rotatable bonds is 1. The summed E-state index contributed by atoms with van der Waals surface area (Å²) in [6.45, 7) is 1.14. The molecule has 4 nitrogen and oxygen atoms in total. The van der Waals surface area contributed by atoms with Gasteiger partial charge in [-0.15, -0.1) is 0 Å². The summed E-state index contributed by atoms with van der Waals surface area (Å²) in [4.78, 5) is 14.3. The fourth-order valence-electron chi connectivity index (χ4n) is 3.35. The number of ether oxygens (including phenoxy) is 1. The number of nitrogens with zero attached hydrogens (tertiary/aromatic N) is 1. The standard InChI is InChI=1S/C14H15FN2O2/c15-10-4-2-1-3-9(10)11-5-6-12-17(11)13(18)14(19-12)7-16-8-14/h1-4,11-12,16H,5-8H2. The van der Waals surface area contributed by atoms with Gasteiger partial charge in [-0.05, 0) is 18.9 Å². The van der Waals surface area contributed by atoms with Gasteiger partial charge in [0.15, 0.2) is 5.60 Å². The lowest BCUT2D eigenvalue weighted by atomic mass is 9.94. The molecule has 1 aromatic carbocycles. The summed E-state index contributed by atoms with van der Waals surface area (Å²) in [5, 5.41) is 3.08. The Hall–Kier alpha value is -1.46. The minimum absolute atomic E-state index is 0.0157. The molecule has 3 fully saturated rings. The molecule has 2 atom stereocenters. The van der Waals surface area contributed by atoms with Crippen LogP contribution in [0.3, 0.4) is 0 Å². The van der Waals surface area contributed by atoms with Crippen molar-refractivity contribution in [3.8, 4) is 0 Å². The van der Waals surface area contributed by atoms with Crippen molar-refractivity contribution < 1.29 is 13.9 Å². The molecule has 1 spiro atoms. The molecular weight excluding hydrogens is 247 g/mol. The van der Waals surface area contributed by atoms with Crippen LogP contribution in [0.25, 0.3) is 0 Å². The number of benzene rings is 1. The Kier molecular flexibility index (Phi) is 2.26. The highest BCUT2D eigenvalue weighted by atomic mass is 19.1. The van der Waals surface area contributed by atoms with Gasteiger partial charge in [-0.25, -0.2) is 4.39 Å². The lowest BCUT2D eigenvalue weighted by molar-refractivity contribution is -0.143. The van der Waals surface area contributed by atoms with Gasteiger partial charge in [0, 0.05) is 18.7 Å². The van der Waals surface area contributed by atoms with E-state index in [-0.39, 0.29) is 24.0 Å². The second kappa shape index (κ2) is 3.77. The minimum atomic E-state index is -0.672. The summed E-state index contributed by atoms with van der Waals surface area (Å²) in [6, 6.07) is 6.52. The van der Waals surface area contributed by atoms with Crippen molar-refractivity contribution >= 4 is 5.91 Å². The second-order valence-corrected chi connectivity index (χ2v) is 5.50. The van der Waals surface area contributed by atoms with Gasteiger partial charge in [0.25, 0.3) is 5.91 Å². The Bertz CT molecular complexity index is 544. The van der Waals surface area contributed by atoms with Gasteiger partial charge in [-0.2, -0.15) is 0 Å². The summed E-state index contributed by atoms with van der Waals surface area (Å²) in [7, 11) is 0. The molecule has 3 heterocycles. The lowest BCUT2D eigenvalue weighted by Gasteiger charge is -2.36. The van der Waals surface area contributed by atoms with E-state index < -0.39 is 5.60 Å². The molecule has 4 rings (SSSR count). The summed E-state index contributed by atoms with van der Waals surface area (Å²) in [6.07, 6.45) is 1.37. The van der Waals surface area contributed by atoms with Crippen LogP contribution in [0.15, 0.2) is 24.3 Å². The van der Waals surface area contributed by atoms with Crippen molar-refractivity contribution in [1.82, 2.24) is 10.2 Å². The minimum Gasteiger partial charge on any atom is -0.339 e. The van der Waals surface area contributed by atoms with Crippen LogP contribution in [0.1, 0.15) is 24.4 Å². The van der Waals surface area contributed by atoms with E-state index in [1.54, 1.807) is 17.0 Å². The zero-order chi connectivity index (χ0) is 13.0. The summed E-state index contributed by atoms with van der Waals surface area (Å²) < 4.78 is 19.8. The van der Waals surface area contributed by atoms with Crippen molar-refractivity contribution in [3.63, 3.8) is 0 Å². The highest BCUT2D eigenvalue weighted by molar-refractivity contribution is 5.89. The number of nitrogens with one attached hydrogen (secondary N) is 1. The molecule has 5 heteroatoms. The van der Waals surface area contributed by atoms with Crippen LogP contribution in [-0.2, 0) is 9.53 Å². The molecule has 1 N–H and O–H groups in total. The van der Waals surface area contributed by atoms with E-state index >= 15 is 0 Å². The molecule has 2 unspecified atom stereocenters. The number of fused-ring (bicyclic) bond motifs is 1. The van der Waals surface area contributed by atoms with Crippen LogP contribution < -0.4 is 5.32 Å². The van der Waals surface area contributed by atoms with E-state index in [0.717, 1.165) is 12.8 Å². The summed E-state index contributed by atoms with van der Waals surface area (Å²) in [5.41, 5.74) is -0.0690. The molecular formula is C14H15FN2O2. The van der Waals surface area contributed by atoms with E-state index in [0.29, 0.717) is 18.7 Å². The van der Waals surface area contributed by atoms with Crippen molar-refractivity contribution in [3.05, 3.63) is 35.6 Å². The number of halogens is 1. The summed E-state index contributed by atoms with van der Waals surface area (Å²) >= 11 is 0. The first-order chi connectivity index (χ1) is 9.21. The van der Waals surface area contributed by atoms with Gasteiger partial charge < -0.3 is 15.0 Å². The molecule has 3 aliphatic rings. The van der Waals surface area contributed by atoms with Crippen molar-refractivity contribution in [2.75, 3.05) is 13.1 Å². The second-order valence-electron chi connectivity index (χ2n) is 5.50. The van der Waals surface area contributed by atoms with Gasteiger partial charge >= 0.3 is 0 Å². The van der Waals surface area contributed by atoms with Gasteiger partial charge in [0.05, 0.1) is 6.04 Å². The van der Waals surface area contributed by atoms with Gasteiger partial charge in [0.2, 0.25) is 0 Å². The topological polar surface area (TPSA) is 41.6 Å². The number of hydrogen-bond donors (Lipinski definition) is 1. The molecule has 0 aromatic heterocycles. The van der Waals surface area contributed by atoms with E-state index in [2.05, 4.69) is 5.32 Å². The molecule has 3 aliphatic heterocycles. The number of hydrogen-bond acceptors (Lipinski definition) is 3. The normalized spacial score (nSPS) is 31.6. The van der Waals surface area contributed by atoms with Crippen LogP contribution in [0, 0.1) is 5.82 Å². The number of amides is 1. The number of carbonyl (C=O) groups excluding carboxylic acids is 1. The van der Waals surface area contributed by atoms with Crippen LogP contribution in [-0.4, -0.2) is 35.7 Å².